The second kappa shape index (κ2) is 3.95. The van der Waals surface area contributed by atoms with Crippen LogP contribution in [0.15, 0.2) is 12.1 Å². The van der Waals surface area contributed by atoms with Crippen LogP contribution >= 0.6 is 22.6 Å². The highest BCUT2D eigenvalue weighted by Crippen LogP contribution is 2.22. The van der Waals surface area contributed by atoms with Crippen molar-refractivity contribution in [1.82, 2.24) is 0 Å². The van der Waals surface area contributed by atoms with Gasteiger partial charge in [0.1, 0.15) is 0 Å². The summed E-state index contributed by atoms with van der Waals surface area (Å²) in [6.45, 7) is 1.91. The van der Waals surface area contributed by atoms with Crippen LogP contribution in [0, 0.1) is 10.5 Å². The van der Waals surface area contributed by atoms with Gasteiger partial charge >= 0.3 is 5.97 Å². The van der Waals surface area contributed by atoms with E-state index >= 15 is 0 Å². The molecule has 0 spiro atoms. The van der Waals surface area contributed by atoms with Gasteiger partial charge in [-0.1, -0.05) is 0 Å². The number of methoxy groups -OCH3 is 1. The standard InChI is InChI=1S/C9H10INO2/c1-5-3-6(9(12)13-2)8(11)7(10)4-5/h3-4H,11H2,1-2H3. The van der Waals surface area contributed by atoms with E-state index in [9.17, 15) is 4.79 Å². The molecule has 0 saturated carbocycles. The van der Waals surface area contributed by atoms with Crippen LogP contribution in [0.2, 0.25) is 0 Å². The summed E-state index contributed by atoms with van der Waals surface area (Å²) in [4.78, 5) is 11.2. The molecule has 2 N–H and O–H groups in total. The Labute approximate surface area is 90.4 Å². The van der Waals surface area contributed by atoms with Crippen LogP contribution in [-0.4, -0.2) is 13.1 Å². The Bertz CT molecular complexity index is 350. The third kappa shape index (κ3) is 2.12. The fraction of sp³-hybridized carbons (Fsp3) is 0.222. The van der Waals surface area contributed by atoms with Crippen LogP contribution in [-0.2, 0) is 4.74 Å². The first-order valence-corrected chi connectivity index (χ1v) is 4.78. The molecule has 0 aliphatic carbocycles. The van der Waals surface area contributed by atoms with Crippen LogP contribution in [0.4, 0.5) is 5.69 Å². The molecule has 0 unspecified atom stereocenters. The molecule has 0 bridgehead atoms. The van der Waals surface area contributed by atoms with Gasteiger partial charge in [0, 0.05) is 3.57 Å². The maximum atomic E-state index is 11.2. The number of aryl methyl sites for hydroxylation is 1. The fourth-order valence-electron chi connectivity index (χ4n) is 1.03. The number of hydrogen-bond acceptors (Lipinski definition) is 3. The van der Waals surface area contributed by atoms with E-state index < -0.39 is 0 Å². The molecule has 0 fully saturated rings. The van der Waals surface area contributed by atoms with Gasteiger partial charge in [-0.3, -0.25) is 0 Å². The van der Waals surface area contributed by atoms with Gasteiger partial charge in [0.15, 0.2) is 0 Å². The molecule has 13 heavy (non-hydrogen) atoms. The SMILES string of the molecule is COC(=O)c1cc(C)cc(I)c1N. The molecule has 0 amide bonds. The maximum absolute atomic E-state index is 11.2. The summed E-state index contributed by atoms with van der Waals surface area (Å²) in [5.74, 6) is -0.390. The minimum Gasteiger partial charge on any atom is -0.465 e. The summed E-state index contributed by atoms with van der Waals surface area (Å²) >= 11 is 2.09. The molecule has 70 valence electrons. The quantitative estimate of drug-likeness (QED) is 0.489. The zero-order valence-corrected chi connectivity index (χ0v) is 9.58. The lowest BCUT2D eigenvalue weighted by atomic mass is 10.1. The van der Waals surface area contributed by atoms with Gasteiger partial charge in [0.05, 0.1) is 18.4 Å². The van der Waals surface area contributed by atoms with E-state index in [0.29, 0.717) is 11.3 Å². The number of hydrogen-bond donors (Lipinski definition) is 1. The molecule has 4 heteroatoms. The van der Waals surface area contributed by atoms with Gasteiger partial charge in [-0.05, 0) is 47.2 Å². The minimum atomic E-state index is -0.390. The van der Waals surface area contributed by atoms with Crippen molar-refractivity contribution >= 4 is 34.2 Å². The number of carbonyl (C=O) groups excluding carboxylic acids is 1. The molecule has 1 aromatic carbocycles. The first kappa shape index (κ1) is 10.3. The van der Waals surface area contributed by atoms with Crippen LogP contribution in [0.3, 0.4) is 0 Å². The molecule has 0 aliphatic rings. The molecular formula is C9H10INO2. The summed E-state index contributed by atoms with van der Waals surface area (Å²) in [7, 11) is 1.34. The lowest BCUT2D eigenvalue weighted by molar-refractivity contribution is 0.0602. The van der Waals surface area contributed by atoms with Crippen molar-refractivity contribution in [2.24, 2.45) is 0 Å². The van der Waals surface area contributed by atoms with Gasteiger partial charge in [0.2, 0.25) is 0 Å². The van der Waals surface area contributed by atoms with Crippen molar-refractivity contribution in [2.75, 3.05) is 12.8 Å². The van der Waals surface area contributed by atoms with Gasteiger partial charge < -0.3 is 10.5 Å². The Balaban J connectivity index is 3.28. The normalized spacial score (nSPS) is 9.77. The van der Waals surface area contributed by atoms with Crippen molar-refractivity contribution in [3.63, 3.8) is 0 Å². The summed E-state index contributed by atoms with van der Waals surface area (Å²) < 4.78 is 5.48. The van der Waals surface area contributed by atoms with Crippen molar-refractivity contribution < 1.29 is 9.53 Å². The second-order valence-corrected chi connectivity index (χ2v) is 3.86. The Hall–Kier alpha value is -0.780. The van der Waals surface area contributed by atoms with Crippen LogP contribution in [0.1, 0.15) is 15.9 Å². The van der Waals surface area contributed by atoms with E-state index in [0.717, 1.165) is 9.13 Å². The molecule has 1 aromatic rings. The topological polar surface area (TPSA) is 52.3 Å². The third-order valence-corrected chi connectivity index (χ3v) is 2.57. The van der Waals surface area contributed by atoms with E-state index in [1.807, 2.05) is 13.0 Å². The summed E-state index contributed by atoms with van der Waals surface area (Å²) in [5, 5.41) is 0. The average molecular weight is 291 g/mol. The number of halogens is 1. The van der Waals surface area contributed by atoms with E-state index in [1.54, 1.807) is 6.07 Å². The highest BCUT2D eigenvalue weighted by molar-refractivity contribution is 14.1. The molecule has 0 aromatic heterocycles. The van der Waals surface area contributed by atoms with Crippen molar-refractivity contribution in [2.45, 2.75) is 6.92 Å². The van der Waals surface area contributed by atoms with E-state index in [2.05, 4.69) is 27.3 Å². The second-order valence-electron chi connectivity index (χ2n) is 2.70. The van der Waals surface area contributed by atoms with Crippen molar-refractivity contribution in [3.05, 3.63) is 26.8 Å². The summed E-state index contributed by atoms with van der Waals surface area (Å²) in [6, 6.07) is 3.64. The lowest BCUT2D eigenvalue weighted by Gasteiger charge is -2.06. The molecular weight excluding hydrogens is 281 g/mol. The van der Waals surface area contributed by atoms with E-state index in [4.69, 9.17) is 5.73 Å². The highest BCUT2D eigenvalue weighted by Gasteiger charge is 2.12. The molecule has 1 rings (SSSR count). The number of ether oxygens (including phenoxy) is 1. The minimum absolute atomic E-state index is 0.390. The summed E-state index contributed by atoms with van der Waals surface area (Å²) in [6.07, 6.45) is 0. The van der Waals surface area contributed by atoms with Gasteiger partial charge in [0.25, 0.3) is 0 Å². The number of benzene rings is 1. The Morgan fingerprint density at radius 1 is 1.54 bits per heavy atom. The summed E-state index contributed by atoms with van der Waals surface area (Å²) in [5.41, 5.74) is 7.64. The molecule has 0 aliphatic heterocycles. The first-order valence-electron chi connectivity index (χ1n) is 3.70. The number of anilines is 1. The predicted molar refractivity (Wildman–Crippen MR) is 59.6 cm³/mol. The molecule has 0 radical (unpaired) electrons. The van der Waals surface area contributed by atoms with Crippen LogP contribution < -0.4 is 5.73 Å². The molecule has 0 saturated heterocycles. The van der Waals surface area contributed by atoms with Crippen LogP contribution in [0.25, 0.3) is 0 Å². The van der Waals surface area contributed by atoms with Crippen LogP contribution in [0.5, 0.6) is 0 Å². The van der Waals surface area contributed by atoms with Crippen molar-refractivity contribution in [3.8, 4) is 0 Å². The fourth-order valence-corrected chi connectivity index (χ4v) is 1.81. The zero-order chi connectivity index (χ0) is 10.0. The predicted octanol–water partition coefficient (Wildman–Crippen LogP) is 1.97. The van der Waals surface area contributed by atoms with Gasteiger partial charge in [-0.15, -0.1) is 0 Å². The monoisotopic (exact) mass is 291 g/mol. The smallest absolute Gasteiger partial charge is 0.340 e. The lowest BCUT2D eigenvalue weighted by Crippen LogP contribution is -2.07. The molecule has 3 nitrogen and oxygen atoms in total. The highest BCUT2D eigenvalue weighted by atomic mass is 127. The Morgan fingerprint density at radius 3 is 2.69 bits per heavy atom. The van der Waals surface area contributed by atoms with E-state index in [-0.39, 0.29) is 5.97 Å². The van der Waals surface area contributed by atoms with Gasteiger partial charge in [-0.25, -0.2) is 4.79 Å². The van der Waals surface area contributed by atoms with E-state index in [1.165, 1.54) is 7.11 Å². The zero-order valence-electron chi connectivity index (χ0n) is 7.43. The number of nitrogen functional groups attached to an aromatic ring is 1. The number of esters is 1. The molecule has 0 atom stereocenters. The maximum Gasteiger partial charge on any atom is 0.340 e. The number of carbonyl (C=O) groups is 1. The van der Waals surface area contributed by atoms with Crippen molar-refractivity contribution in [1.29, 1.82) is 0 Å². The van der Waals surface area contributed by atoms with Gasteiger partial charge in [-0.2, -0.15) is 0 Å². The Morgan fingerprint density at radius 2 is 2.15 bits per heavy atom. The largest absolute Gasteiger partial charge is 0.465 e. The first-order chi connectivity index (χ1) is 6.06. The average Bonchev–Trinajstić information content (AvgIpc) is 2.10. The Kier molecular flexibility index (Phi) is 3.13. The molecule has 0 heterocycles. The third-order valence-electron chi connectivity index (χ3n) is 1.68. The number of rotatable bonds is 1. The number of nitrogens with two attached hydrogens (primary N) is 1.